The van der Waals surface area contributed by atoms with Crippen LogP contribution in [0.5, 0.6) is 0 Å². The molecule has 2 fully saturated rings. The number of nitriles is 1. The molecule has 6 heterocycles. The quantitative estimate of drug-likeness (QED) is 0.558. The first-order valence-corrected chi connectivity index (χ1v) is 10.5. The summed E-state index contributed by atoms with van der Waals surface area (Å²) in [5, 5.41) is 22.0. The highest BCUT2D eigenvalue weighted by atomic mass is 15.3. The highest BCUT2D eigenvalue weighted by molar-refractivity contribution is 5.87. The molecule has 8 nitrogen and oxygen atoms in total. The van der Waals surface area contributed by atoms with Crippen molar-refractivity contribution < 1.29 is 0 Å². The molecule has 0 saturated carbocycles. The Morgan fingerprint density at radius 3 is 2.61 bits per heavy atom. The minimum atomic E-state index is 0.548. The van der Waals surface area contributed by atoms with Crippen LogP contribution in [0, 0.1) is 23.2 Å². The van der Waals surface area contributed by atoms with Gasteiger partial charge in [-0.3, -0.25) is 4.68 Å². The lowest BCUT2D eigenvalue weighted by atomic mass is 10.0. The van der Waals surface area contributed by atoms with E-state index in [-0.39, 0.29) is 0 Å². The van der Waals surface area contributed by atoms with Crippen molar-refractivity contribution in [3.63, 3.8) is 0 Å². The van der Waals surface area contributed by atoms with Crippen molar-refractivity contribution in [2.75, 3.05) is 31.1 Å². The number of hydrogen-bond donors (Lipinski definition) is 1. The summed E-state index contributed by atoms with van der Waals surface area (Å²) in [5.74, 6) is 2.46. The molecule has 0 radical (unpaired) electrons. The van der Waals surface area contributed by atoms with Crippen LogP contribution in [0.4, 0.5) is 5.82 Å². The normalized spacial score (nSPS) is 20.3. The van der Waals surface area contributed by atoms with E-state index >= 15 is 0 Å². The maximum atomic E-state index is 9.61. The molecule has 2 atom stereocenters. The van der Waals surface area contributed by atoms with Crippen molar-refractivity contribution in [3.8, 4) is 28.5 Å². The molecular weight excluding hydrogens is 388 g/mol. The van der Waals surface area contributed by atoms with Crippen molar-refractivity contribution in [1.29, 1.82) is 5.26 Å². The first-order valence-electron chi connectivity index (χ1n) is 10.5. The largest absolute Gasteiger partial charge is 0.356 e. The van der Waals surface area contributed by atoms with Gasteiger partial charge in [0.2, 0.25) is 0 Å². The molecular formula is C23H22N8. The predicted octanol–water partition coefficient (Wildman–Crippen LogP) is 2.32. The Kier molecular flexibility index (Phi) is 4.04. The number of hydrogen-bond acceptors (Lipinski definition) is 6. The molecule has 0 aromatic carbocycles. The summed E-state index contributed by atoms with van der Waals surface area (Å²) in [5.41, 5.74) is 5.04. The number of aromatic nitrogens is 5. The van der Waals surface area contributed by atoms with Crippen LogP contribution < -0.4 is 10.2 Å². The molecule has 0 amide bonds. The second-order valence-electron chi connectivity index (χ2n) is 8.47. The molecule has 1 N–H and O–H groups in total. The second kappa shape index (κ2) is 6.93. The van der Waals surface area contributed by atoms with Crippen LogP contribution in [0.1, 0.15) is 5.56 Å². The van der Waals surface area contributed by atoms with E-state index in [2.05, 4.69) is 44.7 Å². The number of anilines is 1. The van der Waals surface area contributed by atoms with Crippen LogP contribution in [0.2, 0.25) is 0 Å². The van der Waals surface area contributed by atoms with E-state index < -0.39 is 0 Å². The van der Waals surface area contributed by atoms with Crippen LogP contribution in [0.15, 0.2) is 49.1 Å². The fourth-order valence-electron chi connectivity index (χ4n) is 4.91. The summed E-state index contributed by atoms with van der Waals surface area (Å²) in [6.07, 6.45) is 7.36. The van der Waals surface area contributed by atoms with E-state index in [9.17, 15) is 5.26 Å². The van der Waals surface area contributed by atoms with Gasteiger partial charge in [-0.1, -0.05) is 0 Å². The summed E-state index contributed by atoms with van der Waals surface area (Å²) in [7, 11) is 1.90. The molecule has 2 saturated heterocycles. The minimum absolute atomic E-state index is 0.548. The third-order valence-corrected chi connectivity index (χ3v) is 6.51. The summed E-state index contributed by atoms with van der Waals surface area (Å²) in [6, 6.07) is 10.5. The van der Waals surface area contributed by atoms with Crippen molar-refractivity contribution >= 4 is 11.3 Å². The first kappa shape index (κ1) is 18.1. The fourth-order valence-corrected chi connectivity index (χ4v) is 4.91. The van der Waals surface area contributed by atoms with E-state index in [0.29, 0.717) is 5.56 Å². The van der Waals surface area contributed by atoms with Crippen LogP contribution in [-0.2, 0) is 7.05 Å². The van der Waals surface area contributed by atoms with Gasteiger partial charge in [-0.15, -0.1) is 0 Å². The third-order valence-electron chi connectivity index (χ3n) is 6.51. The number of fused-ring (bicyclic) bond motifs is 2. The molecule has 2 aliphatic heterocycles. The zero-order valence-electron chi connectivity index (χ0n) is 17.2. The van der Waals surface area contributed by atoms with E-state index in [4.69, 9.17) is 4.98 Å². The van der Waals surface area contributed by atoms with Gasteiger partial charge in [0.25, 0.3) is 0 Å². The molecule has 2 aliphatic rings. The van der Waals surface area contributed by atoms with Crippen LogP contribution in [0.25, 0.3) is 27.9 Å². The average molecular weight is 410 g/mol. The van der Waals surface area contributed by atoms with Gasteiger partial charge in [0.1, 0.15) is 11.9 Å². The summed E-state index contributed by atoms with van der Waals surface area (Å²) >= 11 is 0. The van der Waals surface area contributed by atoms with Gasteiger partial charge in [0.05, 0.1) is 23.0 Å². The molecule has 4 aromatic rings. The lowest BCUT2D eigenvalue weighted by molar-refractivity contribution is 0.533. The smallest absolute Gasteiger partial charge is 0.128 e. The van der Waals surface area contributed by atoms with Gasteiger partial charge in [-0.05, 0) is 36.1 Å². The highest BCUT2D eigenvalue weighted by Gasteiger charge is 2.36. The van der Waals surface area contributed by atoms with Gasteiger partial charge in [0.15, 0.2) is 0 Å². The molecule has 0 unspecified atom stereocenters. The topological polar surface area (TPSA) is 87.1 Å². The van der Waals surface area contributed by atoms with Crippen molar-refractivity contribution in [2.24, 2.45) is 18.9 Å². The average Bonchev–Trinajstić information content (AvgIpc) is 3.56. The van der Waals surface area contributed by atoms with E-state index in [1.165, 1.54) is 0 Å². The number of nitrogens with zero attached hydrogens (tertiary/aromatic N) is 7. The highest BCUT2D eigenvalue weighted by Crippen LogP contribution is 2.33. The fraction of sp³-hybridized carbons (Fsp3) is 0.304. The van der Waals surface area contributed by atoms with Gasteiger partial charge in [0, 0.05) is 68.5 Å². The van der Waals surface area contributed by atoms with Gasteiger partial charge in [-0.25, -0.2) is 9.50 Å². The molecule has 8 heteroatoms. The Morgan fingerprint density at radius 2 is 1.94 bits per heavy atom. The molecule has 0 aliphatic carbocycles. The Bertz CT molecular complexity index is 1300. The molecule has 4 aromatic heterocycles. The molecule has 0 spiro atoms. The first-order chi connectivity index (χ1) is 15.2. The Hall–Kier alpha value is -3.70. The molecule has 6 rings (SSSR count). The van der Waals surface area contributed by atoms with E-state index in [1.807, 2.05) is 31.7 Å². The van der Waals surface area contributed by atoms with Crippen LogP contribution >= 0.6 is 0 Å². The zero-order valence-corrected chi connectivity index (χ0v) is 17.2. The van der Waals surface area contributed by atoms with Gasteiger partial charge in [-0.2, -0.15) is 15.5 Å². The van der Waals surface area contributed by atoms with E-state index in [0.717, 1.165) is 71.7 Å². The molecule has 0 bridgehead atoms. The minimum Gasteiger partial charge on any atom is -0.356 e. The molecule has 31 heavy (non-hydrogen) atoms. The van der Waals surface area contributed by atoms with Crippen molar-refractivity contribution in [1.82, 2.24) is 29.7 Å². The summed E-state index contributed by atoms with van der Waals surface area (Å²) in [4.78, 5) is 7.18. The van der Waals surface area contributed by atoms with Crippen LogP contribution in [-0.4, -0.2) is 50.6 Å². The summed E-state index contributed by atoms with van der Waals surface area (Å²) < 4.78 is 3.54. The zero-order chi connectivity index (χ0) is 20.9. The Morgan fingerprint density at radius 1 is 1.10 bits per heavy atom. The van der Waals surface area contributed by atoms with Gasteiger partial charge < -0.3 is 10.2 Å². The SMILES string of the molecule is Cn1ccc(-c2cc(-c3ccc(N4C[C@H]5CNC[C@H]5C4)nc3)c3c(C#N)cnn3c2)n1. The van der Waals surface area contributed by atoms with Crippen molar-refractivity contribution in [2.45, 2.75) is 0 Å². The third kappa shape index (κ3) is 2.97. The summed E-state index contributed by atoms with van der Waals surface area (Å²) in [6.45, 7) is 4.33. The second-order valence-corrected chi connectivity index (χ2v) is 8.47. The lowest BCUT2D eigenvalue weighted by Gasteiger charge is -2.19. The maximum Gasteiger partial charge on any atom is 0.128 e. The molecule has 154 valence electrons. The standard InChI is InChI=1S/C23H22N8/c1-29-5-4-21(28-29)16-6-20(23-17(7-24)11-27-31(23)14-16)15-2-3-22(26-10-15)30-12-18-8-25-9-19(18)13-30/h2-6,10-11,14,18-19,25H,8-9,12-13H2,1H3/t18-,19+. The van der Waals surface area contributed by atoms with Crippen LogP contribution in [0.3, 0.4) is 0 Å². The maximum absolute atomic E-state index is 9.61. The Labute approximate surface area is 179 Å². The monoisotopic (exact) mass is 410 g/mol. The lowest BCUT2D eigenvalue weighted by Crippen LogP contribution is -2.26. The number of rotatable bonds is 3. The number of aryl methyl sites for hydroxylation is 1. The number of nitrogens with one attached hydrogen (secondary N) is 1. The van der Waals surface area contributed by atoms with E-state index in [1.54, 1.807) is 15.4 Å². The van der Waals surface area contributed by atoms with Crippen molar-refractivity contribution in [3.05, 3.63) is 54.6 Å². The Balaban J connectivity index is 1.41. The van der Waals surface area contributed by atoms with Gasteiger partial charge >= 0.3 is 0 Å². The predicted molar refractivity (Wildman–Crippen MR) is 117 cm³/mol. The number of pyridine rings is 2.